The first-order valence-electron chi connectivity index (χ1n) is 9.39. The van der Waals surface area contributed by atoms with E-state index >= 15 is 0 Å². The second-order valence-electron chi connectivity index (χ2n) is 7.08. The van der Waals surface area contributed by atoms with Crippen LogP contribution >= 0.6 is 11.6 Å². The molecule has 164 valence electrons. The fourth-order valence-electron chi connectivity index (χ4n) is 2.90. The molecule has 2 aromatic carbocycles. The molecule has 0 aliphatic heterocycles. The van der Waals surface area contributed by atoms with Crippen LogP contribution < -0.4 is 19.1 Å². The van der Waals surface area contributed by atoms with Crippen molar-refractivity contribution in [1.29, 1.82) is 0 Å². The topological polar surface area (TPSA) is 84.9 Å². The van der Waals surface area contributed by atoms with Gasteiger partial charge in [0.2, 0.25) is 15.9 Å². The highest BCUT2D eigenvalue weighted by atomic mass is 35.5. The number of rotatable bonds is 9. The Morgan fingerprint density at radius 3 is 2.27 bits per heavy atom. The summed E-state index contributed by atoms with van der Waals surface area (Å²) in [5.41, 5.74) is 1.14. The van der Waals surface area contributed by atoms with Gasteiger partial charge in [0.25, 0.3) is 0 Å². The summed E-state index contributed by atoms with van der Waals surface area (Å²) < 4.78 is 36.5. The number of carbonyl (C=O) groups is 1. The molecule has 30 heavy (non-hydrogen) atoms. The van der Waals surface area contributed by atoms with Gasteiger partial charge in [-0.15, -0.1) is 0 Å². The summed E-state index contributed by atoms with van der Waals surface area (Å²) in [6.07, 6.45) is 1.12. The molecule has 0 aliphatic rings. The lowest BCUT2D eigenvalue weighted by atomic mass is 10.2. The summed E-state index contributed by atoms with van der Waals surface area (Å²) in [4.78, 5) is 12.7. The summed E-state index contributed by atoms with van der Waals surface area (Å²) in [5.74, 6) is 0.721. The molecule has 0 unspecified atom stereocenters. The van der Waals surface area contributed by atoms with Crippen molar-refractivity contribution in [2.45, 2.75) is 39.5 Å². The van der Waals surface area contributed by atoms with Crippen LogP contribution in [-0.4, -0.2) is 39.8 Å². The van der Waals surface area contributed by atoms with Gasteiger partial charge in [0, 0.05) is 6.54 Å². The Morgan fingerprint density at radius 1 is 1.13 bits per heavy atom. The first-order valence-corrected chi connectivity index (χ1v) is 11.6. The van der Waals surface area contributed by atoms with Crippen molar-refractivity contribution in [3.63, 3.8) is 0 Å². The smallest absolute Gasteiger partial charge is 0.243 e. The van der Waals surface area contributed by atoms with Gasteiger partial charge in [-0.1, -0.05) is 23.7 Å². The number of hydrogen-bond acceptors (Lipinski definition) is 5. The van der Waals surface area contributed by atoms with Crippen molar-refractivity contribution in [2.75, 3.05) is 17.7 Å². The molecule has 0 heterocycles. The third-order valence-electron chi connectivity index (χ3n) is 4.24. The summed E-state index contributed by atoms with van der Waals surface area (Å²) in [5, 5.41) is 3.02. The van der Waals surface area contributed by atoms with E-state index in [1.807, 2.05) is 38.1 Å². The van der Waals surface area contributed by atoms with Crippen LogP contribution in [-0.2, 0) is 21.4 Å². The van der Waals surface area contributed by atoms with Gasteiger partial charge in [0.05, 0.1) is 30.2 Å². The highest BCUT2D eigenvalue weighted by Gasteiger charge is 2.29. The Morgan fingerprint density at radius 2 is 1.77 bits per heavy atom. The number of nitrogens with zero attached hydrogens (tertiary/aromatic N) is 1. The first kappa shape index (κ1) is 23.8. The number of carbonyl (C=O) groups excluding carboxylic acids is 1. The van der Waals surface area contributed by atoms with E-state index in [2.05, 4.69) is 5.32 Å². The fourth-order valence-corrected chi connectivity index (χ4v) is 4.31. The molecule has 7 nitrogen and oxygen atoms in total. The molecule has 9 heteroatoms. The van der Waals surface area contributed by atoms with Crippen LogP contribution in [0.2, 0.25) is 5.02 Å². The lowest BCUT2D eigenvalue weighted by Crippen LogP contribution is -2.47. The predicted molar refractivity (Wildman–Crippen MR) is 119 cm³/mol. The Bertz CT molecular complexity index is 977. The van der Waals surface area contributed by atoms with Crippen molar-refractivity contribution < 1.29 is 22.7 Å². The normalized spacial score (nSPS) is 12.4. The molecule has 1 atom stereocenters. The SMILES string of the molecule is COc1ccc(N([C@H](C)C(=O)NCc2ccc(OC(C)C)cc2)S(C)(=O)=O)cc1Cl. The van der Waals surface area contributed by atoms with Crippen LogP contribution in [0.3, 0.4) is 0 Å². The minimum atomic E-state index is -3.74. The summed E-state index contributed by atoms with van der Waals surface area (Å²) in [6, 6.07) is 10.9. The number of hydrogen-bond donors (Lipinski definition) is 1. The van der Waals surface area contributed by atoms with E-state index in [4.69, 9.17) is 21.1 Å². The number of amides is 1. The maximum atomic E-state index is 12.7. The van der Waals surface area contributed by atoms with E-state index in [-0.39, 0.29) is 23.4 Å². The third kappa shape index (κ3) is 6.27. The first-order chi connectivity index (χ1) is 14.0. The van der Waals surface area contributed by atoms with Crippen molar-refractivity contribution in [1.82, 2.24) is 5.32 Å². The Balaban J connectivity index is 2.13. The molecule has 0 bridgehead atoms. The Labute approximate surface area is 183 Å². The average molecular weight is 455 g/mol. The molecule has 2 rings (SSSR count). The zero-order valence-corrected chi connectivity index (χ0v) is 19.3. The second kappa shape index (κ2) is 10.0. The van der Waals surface area contributed by atoms with Gasteiger partial charge in [-0.3, -0.25) is 9.10 Å². The van der Waals surface area contributed by atoms with Crippen LogP contribution in [0.25, 0.3) is 0 Å². The van der Waals surface area contributed by atoms with Crippen LogP contribution in [0.5, 0.6) is 11.5 Å². The molecular weight excluding hydrogens is 428 g/mol. The van der Waals surface area contributed by atoms with Gasteiger partial charge in [0.15, 0.2) is 0 Å². The van der Waals surface area contributed by atoms with Crippen LogP contribution in [0.15, 0.2) is 42.5 Å². The minimum Gasteiger partial charge on any atom is -0.495 e. The van der Waals surface area contributed by atoms with Gasteiger partial charge in [-0.2, -0.15) is 0 Å². The molecular formula is C21H27ClN2O5S. The van der Waals surface area contributed by atoms with Crippen molar-refractivity contribution in [3.05, 3.63) is 53.1 Å². The monoisotopic (exact) mass is 454 g/mol. The zero-order valence-electron chi connectivity index (χ0n) is 17.7. The van der Waals surface area contributed by atoms with Crippen LogP contribution in [0.1, 0.15) is 26.3 Å². The minimum absolute atomic E-state index is 0.0739. The molecule has 1 N–H and O–H groups in total. The van der Waals surface area contributed by atoms with Gasteiger partial charge in [-0.05, 0) is 56.7 Å². The van der Waals surface area contributed by atoms with E-state index in [0.717, 1.165) is 21.9 Å². The van der Waals surface area contributed by atoms with E-state index in [9.17, 15) is 13.2 Å². The summed E-state index contributed by atoms with van der Waals surface area (Å²) in [6.45, 7) is 5.66. The number of methoxy groups -OCH3 is 1. The number of halogens is 1. The standard InChI is InChI=1S/C21H27ClN2O5S/c1-14(2)29-18-9-6-16(7-10-18)13-23-21(25)15(3)24(30(5,26)27)17-8-11-20(28-4)19(22)12-17/h6-12,14-15H,13H2,1-5H3,(H,23,25)/t15-/m1/s1. The molecule has 0 aliphatic carbocycles. The van der Waals surface area contributed by atoms with Gasteiger partial charge < -0.3 is 14.8 Å². The molecule has 2 aromatic rings. The van der Waals surface area contributed by atoms with Crippen molar-refractivity contribution in [2.24, 2.45) is 0 Å². The highest BCUT2D eigenvalue weighted by molar-refractivity contribution is 7.92. The van der Waals surface area contributed by atoms with E-state index in [1.165, 1.54) is 20.1 Å². The quantitative estimate of drug-likeness (QED) is 0.625. The molecule has 0 spiro atoms. The summed E-state index contributed by atoms with van der Waals surface area (Å²) >= 11 is 6.14. The molecule has 0 radical (unpaired) electrons. The Hall–Kier alpha value is -2.45. The molecule has 1 amide bonds. The third-order valence-corrected chi connectivity index (χ3v) is 5.78. The number of anilines is 1. The lowest BCUT2D eigenvalue weighted by molar-refractivity contribution is -0.122. The van der Waals surface area contributed by atoms with Crippen molar-refractivity contribution >= 4 is 33.2 Å². The Kier molecular flexibility index (Phi) is 7.97. The molecule has 0 fully saturated rings. The van der Waals surface area contributed by atoms with Gasteiger partial charge in [-0.25, -0.2) is 8.42 Å². The molecule has 0 saturated heterocycles. The van der Waals surface area contributed by atoms with E-state index in [1.54, 1.807) is 12.1 Å². The van der Waals surface area contributed by atoms with E-state index < -0.39 is 22.0 Å². The van der Waals surface area contributed by atoms with Crippen LogP contribution in [0, 0.1) is 0 Å². The zero-order chi connectivity index (χ0) is 22.5. The maximum Gasteiger partial charge on any atom is 0.243 e. The maximum absolute atomic E-state index is 12.7. The molecule has 0 aromatic heterocycles. The number of ether oxygens (including phenoxy) is 2. The highest BCUT2D eigenvalue weighted by Crippen LogP contribution is 2.31. The summed E-state index contributed by atoms with van der Waals surface area (Å²) in [7, 11) is -2.28. The fraction of sp³-hybridized carbons (Fsp3) is 0.381. The second-order valence-corrected chi connectivity index (χ2v) is 9.35. The van der Waals surface area contributed by atoms with Gasteiger partial charge in [0.1, 0.15) is 17.5 Å². The number of nitrogens with one attached hydrogen (secondary N) is 1. The molecule has 0 saturated carbocycles. The van der Waals surface area contributed by atoms with Gasteiger partial charge >= 0.3 is 0 Å². The largest absolute Gasteiger partial charge is 0.495 e. The number of sulfonamides is 1. The van der Waals surface area contributed by atoms with Crippen molar-refractivity contribution in [3.8, 4) is 11.5 Å². The number of benzene rings is 2. The van der Waals surface area contributed by atoms with Crippen LogP contribution in [0.4, 0.5) is 5.69 Å². The average Bonchev–Trinajstić information content (AvgIpc) is 2.66. The van der Waals surface area contributed by atoms with E-state index in [0.29, 0.717) is 5.75 Å². The lowest BCUT2D eigenvalue weighted by Gasteiger charge is -2.28. The predicted octanol–water partition coefficient (Wildman–Crippen LogP) is 3.61.